The molecule has 0 aliphatic carbocycles. The molecule has 0 aromatic heterocycles. The molecule has 0 radical (unpaired) electrons. The molecule has 0 bridgehead atoms. The first kappa shape index (κ1) is 14.5. The lowest BCUT2D eigenvalue weighted by Crippen LogP contribution is -2.34. The van der Waals surface area contributed by atoms with Crippen LogP contribution in [-0.4, -0.2) is 25.2 Å². The van der Waals surface area contributed by atoms with Crippen molar-refractivity contribution in [1.82, 2.24) is 10.6 Å². The van der Waals surface area contributed by atoms with Crippen molar-refractivity contribution in [3.05, 3.63) is 35.1 Å². The molecule has 0 spiro atoms. The topological polar surface area (TPSA) is 24.1 Å². The van der Waals surface area contributed by atoms with Gasteiger partial charge in [-0.05, 0) is 75.9 Å². The zero-order valence-electron chi connectivity index (χ0n) is 12.0. The number of nitrogens with one attached hydrogen (secondary N) is 2. The van der Waals surface area contributed by atoms with Crippen LogP contribution >= 0.6 is 0 Å². The van der Waals surface area contributed by atoms with Crippen LogP contribution < -0.4 is 10.6 Å². The van der Waals surface area contributed by atoms with Gasteiger partial charge in [0.2, 0.25) is 0 Å². The van der Waals surface area contributed by atoms with Gasteiger partial charge in [-0.3, -0.25) is 0 Å². The normalized spacial score (nSPS) is 20.7. The summed E-state index contributed by atoms with van der Waals surface area (Å²) < 4.78 is 13.0. The van der Waals surface area contributed by atoms with Gasteiger partial charge in [-0.25, -0.2) is 4.39 Å². The average molecular weight is 264 g/mol. The van der Waals surface area contributed by atoms with Crippen LogP contribution in [0, 0.1) is 12.7 Å². The van der Waals surface area contributed by atoms with Gasteiger partial charge in [-0.15, -0.1) is 0 Å². The first-order valence-electron chi connectivity index (χ1n) is 7.37. The Morgan fingerprint density at radius 2 is 2.32 bits per heavy atom. The van der Waals surface area contributed by atoms with Crippen molar-refractivity contribution in [2.75, 3.05) is 13.1 Å². The maximum Gasteiger partial charge on any atom is 0.123 e. The summed E-state index contributed by atoms with van der Waals surface area (Å²) in [5, 5.41) is 7.10. The summed E-state index contributed by atoms with van der Waals surface area (Å²) in [7, 11) is 0. The van der Waals surface area contributed by atoms with Gasteiger partial charge < -0.3 is 10.6 Å². The van der Waals surface area contributed by atoms with Crippen molar-refractivity contribution in [3.63, 3.8) is 0 Å². The molecule has 1 aromatic rings. The number of halogens is 1. The van der Waals surface area contributed by atoms with Gasteiger partial charge in [0.25, 0.3) is 0 Å². The Balaban J connectivity index is 1.70. The van der Waals surface area contributed by atoms with Crippen LogP contribution in [0.3, 0.4) is 0 Å². The summed E-state index contributed by atoms with van der Waals surface area (Å²) in [5.41, 5.74) is 2.28. The van der Waals surface area contributed by atoms with Crippen LogP contribution in [0.4, 0.5) is 4.39 Å². The third-order valence-electron chi connectivity index (χ3n) is 3.99. The van der Waals surface area contributed by atoms with E-state index in [4.69, 9.17) is 0 Å². The quantitative estimate of drug-likeness (QED) is 0.825. The van der Waals surface area contributed by atoms with Crippen LogP contribution in [0.2, 0.25) is 0 Å². The smallest absolute Gasteiger partial charge is 0.123 e. The van der Waals surface area contributed by atoms with E-state index >= 15 is 0 Å². The van der Waals surface area contributed by atoms with Crippen molar-refractivity contribution in [2.24, 2.45) is 0 Å². The van der Waals surface area contributed by atoms with E-state index in [9.17, 15) is 4.39 Å². The van der Waals surface area contributed by atoms with E-state index in [1.165, 1.54) is 31.4 Å². The largest absolute Gasteiger partial charge is 0.314 e. The number of hydrogen-bond acceptors (Lipinski definition) is 2. The molecular formula is C16H25FN2. The molecule has 0 amide bonds. The van der Waals surface area contributed by atoms with E-state index in [0.29, 0.717) is 12.1 Å². The maximum absolute atomic E-state index is 13.0. The molecule has 2 rings (SSSR count). The monoisotopic (exact) mass is 264 g/mol. The van der Waals surface area contributed by atoms with Gasteiger partial charge in [0.15, 0.2) is 0 Å². The van der Waals surface area contributed by atoms with Crippen LogP contribution in [0.5, 0.6) is 0 Å². The molecule has 2 N–H and O–H groups in total. The van der Waals surface area contributed by atoms with Crippen molar-refractivity contribution < 1.29 is 4.39 Å². The Morgan fingerprint density at radius 3 is 3.00 bits per heavy atom. The molecule has 1 heterocycles. The average Bonchev–Trinajstić information content (AvgIpc) is 2.84. The number of aryl methyl sites for hydroxylation is 1. The fourth-order valence-electron chi connectivity index (χ4n) is 2.86. The van der Waals surface area contributed by atoms with E-state index in [1.54, 1.807) is 12.1 Å². The van der Waals surface area contributed by atoms with E-state index in [-0.39, 0.29) is 5.82 Å². The molecule has 1 aromatic carbocycles. The van der Waals surface area contributed by atoms with Gasteiger partial charge in [-0.1, -0.05) is 6.07 Å². The molecular weight excluding hydrogens is 239 g/mol. The summed E-state index contributed by atoms with van der Waals surface area (Å²) in [6.07, 6.45) is 4.78. The maximum atomic E-state index is 13.0. The highest BCUT2D eigenvalue weighted by Crippen LogP contribution is 2.12. The SMILES string of the molecule is Cc1cc(F)ccc1CCNC(C)CC1CCCN1. The van der Waals surface area contributed by atoms with Crippen LogP contribution in [0.15, 0.2) is 18.2 Å². The minimum Gasteiger partial charge on any atom is -0.314 e. The summed E-state index contributed by atoms with van der Waals surface area (Å²) in [6.45, 7) is 6.36. The molecule has 1 fully saturated rings. The van der Waals surface area contributed by atoms with E-state index < -0.39 is 0 Å². The highest BCUT2D eigenvalue weighted by molar-refractivity contribution is 5.26. The number of benzene rings is 1. The van der Waals surface area contributed by atoms with Gasteiger partial charge in [0, 0.05) is 12.1 Å². The molecule has 1 aliphatic heterocycles. The molecule has 2 unspecified atom stereocenters. The van der Waals surface area contributed by atoms with E-state index in [2.05, 4.69) is 17.6 Å². The predicted octanol–water partition coefficient (Wildman–Crippen LogP) is 2.80. The second kappa shape index (κ2) is 7.01. The van der Waals surface area contributed by atoms with Gasteiger partial charge in [0.1, 0.15) is 5.82 Å². The molecule has 0 saturated carbocycles. The standard InChI is InChI=1S/C16H25FN2/c1-12-10-15(17)6-5-14(12)7-9-18-13(2)11-16-4-3-8-19-16/h5-6,10,13,16,18-19H,3-4,7-9,11H2,1-2H3. The summed E-state index contributed by atoms with van der Waals surface area (Å²) in [6, 6.07) is 6.29. The molecule has 2 nitrogen and oxygen atoms in total. The molecule has 106 valence electrons. The van der Waals surface area contributed by atoms with E-state index in [0.717, 1.165) is 18.5 Å². The zero-order chi connectivity index (χ0) is 13.7. The molecule has 19 heavy (non-hydrogen) atoms. The predicted molar refractivity (Wildman–Crippen MR) is 77.9 cm³/mol. The lowest BCUT2D eigenvalue weighted by molar-refractivity contribution is 0.442. The first-order chi connectivity index (χ1) is 9.15. The fourth-order valence-corrected chi connectivity index (χ4v) is 2.86. The lowest BCUT2D eigenvalue weighted by atomic mass is 10.0. The Hall–Kier alpha value is -0.930. The first-order valence-corrected chi connectivity index (χ1v) is 7.37. The molecule has 2 atom stereocenters. The van der Waals surface area contributed by atoms with Gasteiger partial charge >= 0.3 is 0 Å². The Bertz CT molecular complexity index is 400. The second-order valence-corrected chi connectivity index (χ2v) is 5.70. The minimum atomic E-state index is -0.144. The minimum absolute atomic E-state index is 0.144. The summed E-state index contributed by atoms with van der Waals surface area (Å²) in [4.78, 5) is 0. The van der Waals surface area contributed by atoms with Crippen molar-refractivity contribution in [2.45, 2.75) is 51.6 Å². The molecule has 1 saturated heterocycles. The Labute approximate surface area is 115 Å². The summed E-state index contributed by atoms with van der Waals surface area (Å²) >= 11 is 0. The Morgan fingerprint density at radius 1 is 1.47 bits per heavy atom. The third kappa shape index (κ3) is 4.59. The third-order valence-corrected chi connectivity index (χ3v) is 3.99. The molecule has 3 heteroatoms. The van der Waals surface area contributed by atoms with Crippen molar-refractivity contribution >= 4 is 0 Å². The van der Waals surface area contributed by atoms with Gasteiger partial charge in [-0.2, -0.15) is 0 Å². The highest BCUT2D eigenvalue weighted by atomic mass is 19.1. The second-order valence-electron chi connectivity index (χ2n) is 5.70. The highest BCUT2D eigenvalue weighted by Gasteiger charge is 2.16. The van der Waals surface area contributed by atoms with Crippen molar-refractivity contribution in [1.29, 1.82) is 0 Å². The molecule has 1 aliphatic rings. The number of hydrogen-bond donors (Lipinski definition) is 2. The van der Waals surface area contributed by atoms with Crippen LogP contribution in [-0.2, 0) is 6.42 Å². The van der Waals surface area contributed by atoms with Crippen LogP contribution in [0.1, 0.15) is 37.3 Å². The van der Waals surface area contributed by atoms with Crippen LogP contribution in [0.25, 0.3) is 0 Å². The summed E-state index contributed by atoms with van der Waals surface area (Å²) in [5.74, 6) is -0.144. The fraction of sp³-hybridized carbons (Fsp3) is 0.625. The zero-order valence-corrected chi connectivity index (χ0v) is 12.0. The van der Waals surface area contributed by atoms with E-state index in [1.807, 2.05) is 13.0 Å². The lowest BCUT2D eigenvalue weighted by Gasteiger charge is -2.18. The number of rotatable bonds is 6. The van der Waals surface area contributed by atoms with Gasteiger partial charge in [0.05, 0.1) is 0 Å². The van der Waals surface area contributed by atoms with Crippen molar-refractivity contribution in [3.8, 4) is 0 Å². The Kier molecular flexibility index (Phi) is 5.34.